The van der Waals surface area contributed by atoms with Crippen LogP contribution >= 0.6 is 0 Å². The van der Waals surface area contributed by atoms with Crippen molar-refractivity contribution in [1.82, 2.24) is 59.1 Å². The number of benzene rings is 3. The molecule has 3 atom stereocenters. The van der Waals surface area contributed by atoms with Crippen molar-refractivity contribution in [1.29, 1.82) is 0 Å². The zero-order valence-corrected chi connectivity index (χ0v) is 61.6. The quantitative estimate of drug-likeness (QED) is 0.0460. The van der Waals surface area contributed by atoms with E-state index in [1.807, 2.05) is 86.0 Å². The summed E-state index contributed by atoms with van der Waals surface area (Å²) in [5, 5.41) is 49.6. The first kappa shape index (κ1) is 77.7. The topological polar surface area (TPSA) is 312 Å². The lowest BCUT2D eigenvalue weighted by atomic mass is 9.99. The largest absolute Gasteiger partial charge is 0.388 e. The van der Waals surface area contributed by atoms with Gasteiger partial charge in [-0.3, -0.25) is 27.6 Å². The van der Waals surface area contributed by atoms with Crippen molar-refractivity contribution in [3.63, 3.8) is 0 Å². The van der Waals surface area contributed by atoms with Gasteiger partial charge in [-0.15, -0.1) is 0 Å². The number of imidazole rings is 3. The summed E-state index contributed by atoms with van der Waals surface area (Å²) in [6, 6.07) is 31.2. The maximum atomic E-state index is 13.6. The molecular weight excluding hydrogens is 1450 g/mol. The maximum Gasteiger partial charge on any atom is 0.254 e. The van der Waals surface area contributed by atoms with Crippen LogP contribution < -0.4 is 46.6 Å². The Labute approximate surface area is 649 Å². The van der Waals surface area contributed by atoms with E-state index in [0.29, 0.717) is 147 Å². The fourth-order valence-electron chi connectivity index (χ4n) is 14.8. The Bertz CT molecular complexity index is 5020. The van der Waals surface area contributed by atoms with E-state index in [1.54, 1.807) is 97.3 Å². The number of hydrogen-bond donors (Lipinski definition) is 9. The van der Waals surface area contributed by atoms with Crippen molar-refractivity contribution in [2.45, 2.75) is 111 Å². The molecule has 0 bridgehead atoms. The van der Waals surface area contributed by atoms with Crippen LogP contribution in [0.1, 0.15) is 104 Å². The first-order valence-corrected chi connectivity index (χ1v) is 36.5. The van der Waals surface area contributed by atoms with Crippen LogP contribution in [-0.4, -0.2) is 170 Å². The van der Waals surface area contributed by atoms with Crippen molar-refractivity contribution in [3.8, 4) is 33.8 Å². The summed E-state index contributed by atoms with van der Waals surface area (Å²) in [5.74, 6) is 0.273. The third-order valence-corrected chi connectivity index (χ3v) is 20.8. The van der Waals surface area contributed by atoms with Crippen molar-refractivity contribution in [2.75, 3.05) is 89.7 Å². The SMILES string of the molecule is C.C.CC(C)(O)C1CN(c2ccc(Nc3ccc(-c4cnc5cc(F)ccn45)c4c3C(=O)NC4)nc2)CCO1.CC(C)(O)[C@@H]1CN(c2ccc(Nc3ccc(-c4cnc5cc(F)ccn45)c4c3C(=O)NC4)nc2)CCO1.CC(C)(O)[C@H]1CN(c2ccc(Nc3ccc(-c4cnc5cc(F)ccn45)c4c3C(=O)NC4)nc2)CCO1. The predicted molar refractivity (Wildman–Crippen MR) is 426 cm³/mol. The van der Waals surface area contributed by atoms with E-state index in [1.165, 1.54) is 36.4 Å². The fraction of sp³-hybridized carbons (Fsp3) is 0.313. The van der Waals surface area contributed by atoms with Crippen LogP contribution in [0.2, 0.25) is 0 Å². The van der Waals surface area contributed by atoms with E-state index in [4.69, 9.17) is 14.2 Å². The number of amides is 3. The van der Waals surface area contributed by atoms with Gasteiger partial charge in [0, 0.05) is 112 Å². The number of aliphatic hydroxyl groups is 3. The summed E-state index contributed by atoms with van der Waals surface area (Å²) in [7, 11) is 0. The molecule has 12 aromatic rings. The minimum absolute atomic E-state index is 0. The van der Waals surface area contributed by atoms with Crippen LogP contribution in [0.3, 0.4) is 0 Å². The maximum absolute atomic E-state index is 13.6. The lowest BCUT2D eigenvalue weighted by molar-refractivity contribution is -0.0928. The minimum atomic E-state index is -0.930. The van der Waals surface area contributed by atoms with Gasteiger partial charge in [-0.25, -0.2) is 43.1 Å². The number of nitrogens with zero attached hydrogens (tertiary/aromatic N) is 12. The number of pyridine rings is 6. The molecule has 0 radical (unpaired) electrons. The van der Waals surface area contributed by atoms with E-state index in [2.05, 4.69) is 76.5 Å². The fourth-order valence-corrected chi connectivity index (χ4v) is 14.8. The van der Waals surface area contributed by atoms with Crippen molar-refractivity contribution < 1.29 is 57.1 Å². The molecule has 3 amide bonds. The molecule has 27 nitrogen and oxygen atoms in total. The highest BCUT2D eigenvalue weighted by Crippen LogP contribution is 2.40. The smallest absolute Gasteiger partial charge is 0.254 e. The number of fused-ring (bicyclic) bond motifs is 6. The molecule has 15 heterocycles. The molecule has 6 aliphatic rings. The average molecular weight is 1540 g/mol. The molecular formula is C83H89F3N18O9. The number of aromatic nitrogens is 9. The van der Waals surface area contributed by atoms with E-state index < -0.39 is 16.8 Å². The summed E-state index contributed by atoms with van der Waals surface area (Å²) in [6.07, 6.45) is 14.5. The number of ether oxygens (including phenoxy) is 3. The standard InChI is InChI=1S/3C27H27FN6O3.2CH4/c3*1-27(2,36)22-15-33(9-10-37-22)17-3-6-23(29-12-17)32-20-5-4-18(19-13-31-26(35)25(19)20)21-14-30-24-11-16(28)7-8-34(21)24;;/h3*3-8,11-12,14,22,36H,9-10,13,15H2,1-2H3,(H,29,32)(H,31,35);2*1H4/t2*22-;;;/m10.../s1. The second kappa shape index (κ2) is 31.2. The van der Waals surface area contributed by atoms with Gasteiger partial charge >= 0.3 is 0 Å². The Morgan fingerprint density at radius 1 is 0.398 bits per heavy atom. The molecule has 3 saturated heterocycles. The molecule has 9 N–H and O–H groups in total. The number of morpholine rings is 3. The molecule has 1 unspecified atom stereocenters. The number of nitrogens with one attached hydrogen (secondary N) is 6. The number of carbonyl (C=O) groups excluding carboxylic acids is 3. The lowest BCUT2D eigenvalue weighted by Crippen LogP contribution is -2.52. The Balaban J connectivity index is 0.000000139. The number of anilines is 9. The molecule has 18 rings (SSSR count). The van der Waals surface area contributed by atoms with Crippen molar-refractivity contribution in [3.05, 3.63) is 216 Å². The summed E-state index contributed by atoms with van der Waals surface area (Å²) < 4.78 is 63.5. The summed E-state index contributed by atoms with van der Waals surface area (Å²) in [4.78, 5) is 71.5. The van der Waals surface area contributed by atoms with Gasteiger partial charge < -0.3 is 76.1 Å². The van der Waals surface area contributed by atoms with Crippen LogP contribution in [0.4, 0.5) is 64.7 Å². The van der Waals surface area contributed by atoms with Gasteiger partial charge in [-0.05, 0) is 131 Å². The van der Waals surface area contributed by atoms with E-state index in [-0.39, 0.29) is 68.3 Å². The number of hydrogen-bond acceptors (Lipinski definition) is 21. The van der Waals surface area contributed by atoms with Crippen molar-refractivity contribution >= 4 is 86.2 Å². The second-order valence-corrected chi connectivity index (χ2v) is 29.7. The molecule has 9 aromatic heterocycles. The number of rotatable bonds is 15. The summed E-state index contributed by atoms with van der Waals surface area (Å²) in [6.45, 7) is 17.1. The Morgan fingerprint density at radius 2 is 0.681 bits per heavy atom. The zero-order valence-electron chi connectivity index (χ0n) is 61.6. The molecule has 0 spiro atoms. The molecule has 3 fully saturated rings. The van der Waals surface area contributed by atoms with Crippen LogP contribution in [-0.2, 0) is 33.8 Å². The highest BCUT2D eigenvalue weighted by atomic mass is 19.1. The predicted octanol–water partition coefficient (Wildman–Crippen LogP) is 11.8. The van der Waals surface area contributed by atoms with Gasteiger partial charge in [0.05, 0.1) is 142 Å². The Kier molecular flexibility index (Phi) is 21.5. The van der Waals surface area contributed by atoms with Crippen LogP contribution in [0.25, 0.3) is 50.7 Å². The van der Waals surface area contributed by atoms with Gasteiger partial charge in [0.25, 0.3) is 17.7 Å². The van der Waals surface area contributed by atoms with Crippen LogP contribution in [0, 0.1) is 17.5 Å². The molecule has 3 aromatic carbocycles. The Hall–Kier alpha value is -12.1. The minimum Gasteiger partial charge on any atom is -0.388 e. The molecule has 586 valence electrons. The first-order chi connectivity index (χ1) is 53.3. The van der Waals surface area contributed by atoms with E-state index in [9.17, 15) is 42.9 Å². The van der Waals surface area contributed by atoms with Crippen LogP contribution in [0.5, 0.6) is 0 Å². The highest BCUT2D eigenvalue weighted by Gasteiger charge is 2.37. The summed E-state index contributed by atoms with van der Waals surface area (Å²) >= 11 is 0. The normalized spacial score (nSPS) is 17.4. The highest BCUT2D eigenvalue weighted by molar-refractivity contribution is 6.08. The Morgan fingerprint density at radius 3 is 0.938 bits per heavy atom. The molecule has 30 heteroatoms. The lowest BCUT2D eigenvalue weighted by Gasteiger charge is -2.39. The van der Waals surface area contributed by atoms with E-state index in [0.717, 1.165) is 67.5 Å². The monoisotopic (exact) mass is 1540 g/mol. The van der Waals surface area contributed by atoms with Gasteiger partial charge in [0.15, 0.2) is 0 Å². The third-order valence-electron chi connectivity index (χ3n) is 20.8. The van der Waals surface area contributed by atoms with Crippen molar-refractivity contribution in [2.24, 2.45) is 0 Å². The number of halogens is 3. The van der Waals surface area contributed by atoms with Gasteiger partial charge in [0.1, 0.15) is 70.2 Å². The number of carbonyl (C=O) groups is 3. The molecule has 0 aliphatic carbocycles. The molecule has 0 saturated carbocycles. The zero-order chi connectivity index (χ0) is 77.2. The van der Waals surface area contributed by atoms with E-state index >= 15 is 0 Å². The second-order valence-electron chi connectivity index (χ2n) is 29.7. The van der Waals surface area contributed by atoms with Gasteiger partial charge in [0.2, 0.25) is 0 Å². The molecule has 113 heavy (non-hydrogen) atoms. The van der Waals surface area contributed by atoms with Crippen LogP contribution in [0.15, 0.2) is 165 Å². The third kappa shape index (κ3) is 15.8. The first-order valence-electron chi connectivity index (χ1n) is 36.5. The molecule has 6 aliphatic heterocycles. The average Bonchev–Trinajstić information content (AvgIpc) is 1.63. The summed E-state index contributed by atoms with van der Waals surface area (Å²) in [5.41, 5.74) is 12.6. The van der Waals surface area contributed by atoms with Gasteiger partial charge in [-0.1, -0.05) is 33.1 Å². The van der Waals surface area contributed by atoms with Gasteiger partial charge in [-0.2, -0.15) is 0 Å².